The number of carboxylic acid groups (broad SMARTS) is 1. The van der Waals surface area contributed by atoms with E-state index >= 15 is 0 Å². The van der Waals surface area contributed by atoms with Crippen LogP contribution in [0.3, 0.4) is 0 Å². The number of rotatable bonds is 15. The van der Waals surface area contributed by atoms with Gasteiger partial charge in [0.05, 0.1) is 29.3 Å². The summed E-state index contributed by atoms with van der Waals surface area (Å²) < 4.78 is 24.3. The van der Waals surface area contributed by atoms with Crippen LogP contribution in [-0.2, 0) is 23.9 Å². The molecule has 0 bridgehead atoms. The van der Waals surface area contributed by atoms with E-state index < -0.39 is 66.5 Å². The summed E-state index contributed by atoms with van der Waals surface area (Å²) in [5, 5.41) is 68.2. The number of carbonyl (C=O) groups is 3. The van der Waals surface area contributed by atoms with Gasteiger partial charge in [0.2, 0.25) is 24.7 Å². The molecule has 1 aliphatic rings. The molecule has 0 spiro atoms. The smallest absolute Gasteiger partial charge is 0.337 e. The molecule has 314 valence electrons. The molecule has 0 saturated carbocycles. The van der Waals surface area contributed by atoms with Crippen molar-refractivity contribution in [2.45, 2.75) is 62.8 Å². The number of nitrogens with one attached hydrogen (secondary N) is 2. The molecule has 18 nitrogen and oxygen atoms in total. The van der Waals surface area contributed by atoms with Gasteiger partial charge in [0.25, 0.3) is 0 Å². The molecule has 0 unspecified atom stereocenters. The number of phenols is 1. The molecule has 0 amide bonds. The van der Waals surface area contributed by atoms with Gasteiger partial charge in [-0.05, 0) is 61.9 Å². The largest absolute Gasteiger partial charge is 0.508 e. The van der Waals surface area contributed by atoms with Crippen molar-refractivity contribution in [1.29, 1.82) is 0 Å². The molecule has 0 aliphatic carbocycles. The summed E-state index contributed by atoms with van der Waals surface area (Å²) in [5.41, 5.74) is 1.22. The summed E-state index contributed by atoms with van der Waals surface area (Å²) >= 11 is 0. The van der Waals surface area contributed by atoms with Crippen molar-refractivity contribution in [3.05, 3.63) is 107 Å². The van der Waals surface area contributed by atoms with Crippen LogP contribution in [0.4, 0.5) is 0 Å². The Kier molecular flexibility index (Phi) is 11.8. The second-order valence-electron chi connectivity index (χ2n) is 14.4. The van der Waals surface area contributed by atoms with Gasteiger partial charge in [0.1, 0.15) is 41.4 Å². The number of aliphatic hydroxyl groups is 4. The number of carboxylic acids is 1. The van der Waals surface area contributed by atoms with Crippen LogP contribution in [0, 0.1) is 13.8 Å². The summed E-state index contributed by atoms with van der Waals surface area (Å²) in [5.74, 6) is -3.28. The number of aliphatic carboxylic acids is 1. The number of esters is 1. The Morgan fingerprint density at radius 1 is 1.05 bits per heavy atom. The van der Waals surface area contributed by atoms with Gasteiger partial charge in [-0.25, -0.2) is 9.59 Å². The van der Waals surface area contributed by atoms with Crippen LogP contribution in [0.5, 0.6) is 11.5 Å². The van der Waals surface area contributed by atoms with Gasteiger partial charge >= 0.3 is 11.9 Å². The Bertz CT molecular complexity index is 2580. The highest BCUT2D eigenvalue weighted by Gasteiger charge is 2.61. The average molecular weight is 828 g/mol. The second-order valence-corrected chi connectivity index (χ2v) is 14.4. The van der Waals surface area contributed by atoms with Crippen molar-refractivity contribution in [2.24, 2.45) is 0 Å². The predicted octanol–water partition coefficient (Wildman–Crippen LogP) is 1.91. The third-order valence-corrected chi connectivity index (χ3v) is 10.1. The van der Waals surface area contributed by atoms with Crippen LogP contribution in [-0.4, -0.2) is 114 Å². The zero-order valence-electron chi connectivity index (χ0n) is 32.1. The third kappa shape index (κ3) is 8.07. The lowest BCUT2D eigenvalue weighted by atomic mass is 9.84. The van der Waals surface area contributed by atoms with E-state index in [0.29, 0.717) is 34.0 Å². The maximum atomic E-state index is 13.5. The SMILES string of the molecule is Cc1cc(C)cc(-c2c3[nH]ccc3cn2O[C@@H]2[C@@H](Oc3ccc4c(=O)c(-c5ccc(O)cc5)coc4c3)O[C@@H]([C@@H](O)OC(=O)[C@H](NCCC=O)C(=O)O)[C@H](O)[C@]2(O)CO)c1. The van der Waals surface area contributed by atoms with Gasteiger partial charge in [-0.1, -0.05) is 29.3 Å². The summed E-state index contributed by atoms with van der Waals surface area (Å²) in [7, 11) is 0. The molecule has 6 aromatic rings. The van der Waals surface area contributed by atoms with E-state index in [1.165, 1.54) is 41.3 Å². The molecule has 3 aromatic carbocycles. The summed E-state index contributed by atoms with van der Waals surface area (Å²) in [6.07, 6.45) is -5.73. The number of benzene rings is 3. The molecule has 1 saturated heterocycles. The number of aromatic amines is 1. The first-order chi connectivity index (χ1) is 28.7. The molecule has 60 heavy (non-hydrogen) atoms. The van der Waals surface area contributed by atoms with Gasteiger partial charge in [-0.15, -0.1) is 0 Å². The lowest BCUT2D eigenvalue weighted by Crippen LogP contribution is -2.73. The number of phenolic OH excluding ortho intramolecular Hbond substituents is 1. The van der Waals surface area contributed by atoms with E-state index in [9.17, 15) is 49.8 Å². The van der Waals surface area contributed by atoms with E-state index in [2.05, 4.69) is 10.3 Å². The maximum absolute atomic E-state index is 13.5. The van der Waals surface area contributed by atoms with Gasteiger partial charge in [-0.3, -0.25) is 10.1 Å². The molecular weight excluding hydrogens is 786 g/mol. The standard InChI is InChI=1S/C42H41N3O15/c1-21-14-22(2)16-25(15-21)33-31-24(10-12-44-31)18-45(33)60-37-41(57-27-8-9-28-30(17-27)56-19-29(34(28)49)23-4-6-26(48)7-5-23)58-35(36(50)42(37,55)20-47)40(54)59-39(53)32(38(51)52)43-11-3-13-46/h4-10,12-19,32,35-37,40-41,43-44,47-48,50,54-55H,3,11,20H2,1-2H3,(H,51,52)/t32-,35-,36+,37-,40+,41+,42-/m1/s1. The molecule has 3 aromatic heterocycles. The van der Waals surface area contributed by atoms with Crippen LogP contribution in [0.1, 0.15) is 17.5 Å². The topological polar surface area (TPSA) is 272 Å². The number of hydrogen-bond acceptors (Lipinski definition) is 15. The number of aldehydes is 1. The number of H-pyrrole nitrogens is 1. The van der Waals surface area contributed by atoms with Crippen molar-refractivity contribution in [1.82, 2.24) is 15.0 Å². The molecule has 1 fully saturated rings. The first kappa shape index (κ1) is 41.6. The minimum absolute atomic E-state index is 0.00915. The lowest BCUT2D eigenvalue weighted by molar-refractivity contribution is -0.351. The highest BCUT2D eigenvalue weighted by Crippen LogP contribution is 2.37. The minimum atomic E-state index is -2.77. The van der Waals surface area contributed by atoms with Crippen molar-refractivity contribution < 1.29 is 68.5 Å². The number of carbonyl (C=O) groups excluding carboxylic acids is 2. The number of ether oxygens (including phenoxy) is 3. The van der Waals surface area contributed by atoms with Crippen molar-refractivity contribution in [3.63, 3.8) is 0 Å². The van der Waals surface area contributed by atoms with Gasteiger partial charge < -0.3 is 63.9 Å². The Morgan fingerprint density at radius 2 is 1.78 bits per heavy atom. The number of hydrogen-bond donors (Lipinski definition) is 8. The van der Waals surface area contributed by atoms with Crippen molar-refractivity contribution in [3.8, 4) is 33.9 Å². The molecule has 18 heteroatoms. The number of aryl methyl sites for hydroxylation is 2. The van der Waals surface area contributed by atoms with Crippen LogP contribution in [0.2, 0.25) is 0 Å². The van der Waals surface area contributed by atoms with E-state index in [-0.39, 0.29) is 41.0 Å². The van der Waals surface area contributed by atoms with E-state index in [1.807, 2.05) is 32.0 Å². The number of aliphatic hydroxyl groups excluding tert-OH is 3. The Morgan fingerprint density at radius 3 is 2.47 bits per heavy atom. The van der Waals surface area contributed by atoms with Crippen LogP contribution in [0.25, 0.3) is 44.3 Å². The highest BCUT2D eigenvalue weighted by molar-refractivity contribution is 5.98. The van der Waals surface area contributed by atoms with E-state index in [0.717, 1.165) is 11.1 Å². The molecule has 4 heterocycles. The minimum Gasteiger partial charge on any atom is -0.508 e. The first-order valence-corrected chi connectivity index (χ1v) is 18.6. The van der Waals surface area contributed by atoms with Crippen LogP contribution in [0.15, 0.2) is 94.6 Å². The summed E-state index contributed by atoms with van der Waals surface area (Å²) in [4.78, 5) is 58.6. The van der Waals surface area contributed by atoms with Crippen molar-refractivity contribution >= 4 is 40.1 Å². The number of nitrogens with zero attached hydrogens (tertiary/aromatic N) is 1. The highest BCUT2D eigenvalue weighted by atomic mass is 16.8. The maximum Gasteiger partial charge on any atom is 0.337 e. The molecule has 0 radical (unpaired) electrons. The van der Waals surface area contributed by atoms with Crippen LogP contribution < -0.4 is 20.3 Å². The van der Waals surface area contributed by atoms with Crippen molar-refractivity contribution in [2.75, 3.05) is 13.2 Å². The molecule has 7 atom stereocenters. The average Bonchev–Trinajstić information content (AvgIpc) is 3.80. The molecular formula is C42H41N3O15. The number of aromatic nitrogens is 2. The fourth-order valence-corrected chi connectivity index (χ4v) is 7.18. The Balaban J connectivity index is 1.27. The van der Waals surface area contributed by atoms with Gasteiger partial charge in [0, 0.05) is 36.2 Å². The first-order valence-electron chi connectivity index (χ1n) is 18.6. The molecule has 1 aliphatic heterocycles. The number of fused-ring (bicyclic) bond motifs is 2. The van der Waals surface area contributed by atoms with E-state index in [1.54, 1.807) is 30.6 Å². The predicted molar refractivity (Wildman–Crippen MR) is 211 cm³/mol. The summed E-state index contributed by atoms with van der Waals surface area (Å²) in [6, 6.07) is 15.5. The Hall–Kier alpha value is -6.54. The van der Waals surface area contributed by atoms with E-state index in [4.69, 9.17) is 23.5 Å². The van der Waals surface area contributed by atoms with Gasteiger partial charge in [-0.2, -0.15) is 4.73 Å². The normalized spacial score (nSPS) is 21.4. The number of aromatic hydroxyl groups is 1. The fourth-order valence-electron chi connectivity index (χ4n) is 7.18. The summed E-state index contributed by atoms with van der Waals surface area (Å²) in [6.45, 7) is 2.35. The van der Waals surface area contributed by atoms with Gasteiger partial charge in [0.15, 0.2) is 17.1 Å². The van der Waals surface area contributed by atoms with Crippen LogP contribution >= 0.6 is 0 Å². The zero-order valence-corrected chi connectivity index (χ0v) is 32.1. The Labute approximate surface area is 339 Å². The lowest BCUT2D eigenvalue weighted by Gasteiger charge is -2.48. The quantitative estimate of drug-likeness (QED) is 0.0241. The second kappa shape index (κ2) is 17.0. The fraction of sp³-hybridized carbons (Fsp3) is 0.286. The monoisotopic (exact) mass is 827 g/mol. The zero-order chi connectivity index (χ0) is 42.9. The molecule has 7 rings (SSSR count). The molecule has 8 N–H and O–H groups in total. The third-order valence-electron chi connectivity index (χ3n) is 10.1.